The van der Waals surface area contributed by atoms with Gasteiger partial charge in [-0.1, -0.05) is 24.3 Å². The first kappa shape index (κ1) is 19.6. The highest BCUT2D eigenvalue weighted by Gasteiger charge is 2.21. The molecule has 2 rings (SSSR count). The van der Waals surface area contributed by atoms with E-state index in [1.807, 2.05) is 13.8 Å². The minimum absolute atomic E-state index is 0.210. The van der Waals surface area contributed by atoms with Crippen LogP contribution in [0.15, 0.2) is 47.6 Å². The molecule has 0 spiro atoms. The van der Waals surface area contributed by atoms with Crippen LogP contribution in [-0.4, -0.2) is 33.3 Å². The number of halogens is 1. The van der Waals surface area contributed by atoms with Gasteiger partial charge in [-0.05, 0) is 43.2 Å². The van der Waals surface area contributed by atoms with E-state index in [0.29, 0.717) is 5.69 Å². The maximum atomic E-state index is 13.5. The van der Waals surface area contributed by atoms with Crippen LogP contribution in [0.5, 0.6) is 0 Å². The molecule has 2 aromatic carbocycles. The number of amides is 1. The average molecular weight is 377 g/mol. The minimum Gasteiger partial charge on any atom is -0.271 e. The monoisotopic (exact) mass is 377 g/mol. The van der Waals surface area contributed by atoms with Crippen LogP contribution in [-0.2, 0) is 14.8 Å². The zero-order chi connectivity index (χ0) is 19.3. The molecule has 2 aromatic rings. The van der Waals surface area contributed by atoms with Gasteiger partial charge in [-0.3, -0.25) is 9.10 Å². The summed E-state index contributed by atoms with van der Waals surface area (Å²) in [5.41, 5.74) is 4.74. The van der Waals surface area contributed by atoms with Gasteiger partial charge < -0.3 is 0 Å². The number of nitrogens with one attached hydrogen (secondary N) is 1. The Morgan fingerprint density at radius 1 is 1.19 bits per heavy atom. The second-order valence-electron chi connectivity index (χ2n) is 5.85. The van der Waals surface area contributed by atoms with E-state index in [1.165, 1.54) is 12.1 Å². The number of hydrogen-bond acceptors (Lipinski definition) is 4. The molecule has 0 bridgehead atoms. The van der Waals surface area contributed by atoms with Crippen molar-refractivity contribution in [3.05, 3.63) is 65.0 Å². The average Bonchev–Trinajstić information content (AvgIpc) is 2.56. The Bertz CT molecular complexity index is 942. The van der Waals surface area contributed by atoms with E-state index in [0.717, 1.165) is 27.9 Å². The van der Waals surface area contributed by atoms with E-state index in [9.17, 15) is 17.6 Å². The van der Waals surface area contributed by atoms with Crippen molar-refractivity contribution in [2.75, 3.05) is 17.1 Å². The van der Waals surface area contributed by atoms with Crippen molar-refractivity contribution in [3.63, 3.8) is 0 Å². The van der Waals surface area contributed by atoms with Crippen LogP contribution in [0.2, 0.25) is 0 Å². The first-order valence-electron chi connectivity index (χ1n) is 7.80. The first-order chi connectivity index (χ1) is 12.2. The Kier molecular flexibility index (Phi) is 6.10. The second-order valence-corrected chi connectivity index (χ2v) is 7.76. The molecule has 0 saturated heterocycles. The topological polar surface area (TPSA) is 78.8 Å². The zero-order valence-electron chi connectivity index (χ0n) is 14.7. The van der Waals surface area contributed by atoms with Crippen molar-refractivity contribution in [2.45, 2.75) is 13.8 Å². The molecule has 0 aliphatic carbocycles. The molecule has 0 heterocycles. The fourth-order valence-corrected chi connectivity index (χ4v) is 3.05. The summed E-state index contributed by atoms with van der Waals surface area (Å²) in [6, 6.07) is 11.1. The van der Waals surface area contributed by atoms with Crippen LogP contribution in [0, 0.1) is 19.7 Å². The molecule has 1 amide bonds. The van der Waals surface area contributed by atoms with Crippen LogP contribution < -0.4 is 9.73 Å². The lowest BCUT2D eigenvalue weighted by molar-refractivity contribution is -0.119. The number of hydrogen-bond donors (Lipinski definition) is 1. The summed E-state index contributed by atoms with van der Waals surface area (Å²) >= 11 is 0. The lowest BCUT2D eigenvalue weighted by Crippen LogP contribution is -2.39. The van der Waals surface area contributed by atoms with Crippen molar-refractivity contribution in [1.29, 1.82) is 0 Å². The summed E-state index contributed by atoms with van der Waals surface area (Å²) in [5, 5.41) is 3.68. The predicted octanol–water partition coefficient (Wildman–Crippen LogP) is 2.36. The molecule has 6 nitrogen and oxygen atoms in total. The van der Waals surface area contributed by atoms with Crippen LogP contribution in [0.25, 0.3) is 0 Å². The molecule has 0 fully saturated rings. The number of aryl methyl sites for hydroxylation is 2. The number of nitrogens with zero attached hydrogens (tertiary/aromatic N) is 2. The standard InChI is InChI=1S/C18H20FN3O3S/c1-13-8-9-16(10-14(13)2)22(26(3,24)25)12-18(23)21-20-11-15-6-4-5-7-17(15)19/h4-11H,12H2,1-3H3,(H,21,23)/b20-11-. The highest BCUT2D eigenvalue weighted by atomic mass is 32.2. The van der Waals surface area contributed by atoms with E-state index in [1.54, 1.807) is 30.3 Å². The van der Waals surface area contributed by atoms with E-state index in [4.69, 9.17) is 0 Å². The summed E-state index contributed by atoms with van der Waals surface area (Å²) in [7, 11) is -3.67. The largest absolute Gasteiger partial charge is 0.271 e. The van der Waals surface area contributed by atoms with Crippen LogP contribution in [0.4, 0.5) is 10.1 Å². The molecular formula is C18H20FN3O3S. The molecule has 0 unspecified atom stereocenters. The van der Waals surface area contributed by atoms with Crippen molar-refractivity contribution in [2.24, 2.45) is 5.10 Å². The van der Waals surface area contributed by atoms with Gasteiger partial charge in [-0.25, -0.2) is 18.2 Å². The maximum absolute atomic E-state index is 13.5. The van der Waals surface area contributed by atoms with Crippen LogP contribution in [0.1, 0.15) is 16.7 Å². The van der Waals surface area contributed by atoms with Crippen LogP contribution in [0.3, 0.4) is 0 Å². The number of benzene rings is 2. The third-order valence-corrected chi connectivity index (χ3v) is 4.90. The first-order valence-corrected chi connectivity index (χ1v) is 9.64. The van der Waals surface area contributed by atoms with Crippen molar-refractivity contribution < 1.29 is 17.6 Å². The van der Waals surface area contributed by atoms with Crippen molar-refractivity contribution >= 4 is 27.8 Å². The normalized spacial score (nSPS) is 11.5. The molecule has 26 heavy (non-hydrogen) atoms. The van der Waals surface area contributed by atoms with Crippen LogP contribution >= 0.6 is 0 Å². The van der Waals surface area contributed by atoms with Gasteiger partial charge in [0.25, 0.3) is 5.91 Å². The van der Waals surface area contributed by atoms with Gasteiger partial charge in [0.1, 0.15) is 12.4 Å². The third-order valence-electron chi connectivity index (χ3n) is 3.76. The Morgan fingerprint density at radius 3 is 2.50 bits per heavy atom. The number of carbonyl (C=O) groups excluding carboxylic acids is 1. The van der Waals surface area contributed by atoms with Crippen molar-refractivity contribution in [1.82, 2.24) is 5.43 Å². The summed E-state index contributed by atoms with van der Waals surface area (Å²) < 4.78 is 38.6. The van der Waals surface area contributed by atoms with E-state index < -0.39 is 28.3 Å². The summed E-state index contributed by atoms with van der Waals surface area (Å²) in [5.74, 6) is -1.11. The van der Waals surface area contributed by atoms with E-state index >= 15 is 0 Å². The lowest BCUT2D eigenvalue weighted by atomic mass is 10.1. The van der Waals surface area contributed by atoms with Gasteiger partial charge in [-0.15, -0.1) is 0 Å². The maximum Gasteiger partial charge on any atom is 0.260 e. The van der Waals surface area contributed by atoms with Crippen molar-refractivity contribution in [3.8, 4) is 0 Å². The quantitative estimate of drug-likeness (QED) is 0.620. The number of carbonyl (C=O) groups is 1. The molecular weight excluding hydrogens is 357 g/mol. The number of anilines is 1. The Labute approximate surface area is 152 Å². The molecule has 0 saturated carbocycles. The Hall–Kier alpha value is -2.74. The number of rotatable bonds is 6. The van der Waals surface area contributed by atoms with E-state index in [-0.39, 0.29) is 5.56 Å². The SMILES string of the molecule is Cc1ccc(N(CC(=O)N/N=C\c2ccccc2F)S(C)(=O)=O)cc1C. The Morgan fingerprint density at radius 2 is 1.88 bits per heavy atom. The summed E-state index contributed by atoms with van der Waals surface area (Å²) in [4.78, 5) is 12.1. The molecule has 0 aromatic heterocycles. The molecule has 0 radical (unpaired) electrons. The van der Waals surface area contributed by atoms with Gasteiger partial charge in [0, 0.05) is 5.56 Å². The zero-order valence-corrected chi connectivity index (χ0v) is 15.5. The highest BCUT2D eigenvalue weighted by Crippen LogP contribution is 2.20. The summed E-state index contributed by atoms with van der Waals surface area (Å²) in [6.07, 6.45) is 2.19. The molecule has 138 valence electrons. The minimum atomic E-state index is -3.67. The molecule has 8 heteroatoms. The van der Waals surface area contributed by atoms with Gasteiger partial charge in [0.05, 0.1) is 18.2 Å². The molecule has 0 atom stereocenters. The predicted molar refractivity (Wildman–Crippen MR) is 100 cm³/mol. The molecule has 0 aliphatic rings. The lowest BCUT2D eigenvalue weighted by Gasteiger charge is -2.22. The molecule has 0 aliphatic heterocycles. The second kappa shape index (κ2) is 8.09. The number of hydrazone groups is 1. The van der Waals surface area contributed by atoms with Gasteiger partial charge in [0.2, 0.25) is 10.0 Å². The Balaban J connectivity index is 2.12. The van der Waals surface area contributed by atoms with Gasteiger partial charge in [-0.2, -0.15) is 5.10 Å². The highest BCUT2D eigenvalue weighted by molar-refractivity contribution is 7.92. The van der Waals surface area contributed by atoms with Gasteiger partial charge >= 0.3 is 0 Å². The van der Waals surface area contributed by atoms with E-state index in [2.05, 4.69) is 10.5 Å². The molecule has 1 N–H and O–H groups in total. The van der Waals surface area contributed by atoms with Gasteiger partial charge in [0.15, 0.2) is 0 Å². The third kappa shape index (κ3) is 5.13. The number of sulfonamides is 1. The fourth-order valence-electron chi connectivity index (χ4n) is 2.20. The summed E-state index contributed by atoms with van der Waals surface area (Å²) in [6.45, 7) is 3.34. The smallest absolute Gasteiger partial charge is 0.260 e. The fraction of sp³-hybridized carbons (Fsp3) is 0.222.